The van der Waals surface area contributed by atoms with E-state index in [1.165, 1.54) is 11.3 Å². The van der Waals surface area contributed by atoms with Gasteiger partial charge in [0.15, 0.2) is 5.13 Å². The molecule has 1 aromatic carbocycles. The fraction of sp³-hybridized carbons (Fsp3) is 0.300. The fourth-order valence-electron chi connectivity index (χ4n) is 2.55. The van der Waals surface area contributed by atoms with Gasteiger partial charge in [0.25, 0.3) is 5.91 Å². The smallest absolute Gasteiger partial charge is 0.275 e. The van der Waals surface area contributed by atoms with E-state index in [2.05, 4.69) is 42.2 Å². The summed E-state index contributed by atoms with van der Waals surface area (Å²) >= 11 is 1.44. The number of nitrogens with one attached hydrogen (secondary N) is 1. The maximum Gasteiger partial charge on any atom is 0.275 e. The summed E-state index contributed by atoms with van der Waals surface area (Å²) in [5, 5.41) is 16.7. The molecule has 1 amide bonds. The summed E-state index contributed by atoms with van der Waals surface area (Å²) in [6.45, 7) is 6.19. The summed E-state index contributed by atoms with van der Waals surface area (Å²) in [4.78, 5) is 17.9. The van der Waals surface area contributed by atoms with Gasteiger partial charge < -0.3 is 0 Å². The van der Waals surface area contributed by atoms with Crippen molar-refractivity contribution < 1.29 is 4.79 Å². The Bertz CT molecular complexity index is 1000. The number of nitrogens with zero attached hydrogens (tertiary/aromatic N) is 4. The zero-order valence-electron chi connectivity index (χ0n) is 15.8. The predicted molar refractivity (Wildman–Crippen MR) is 106 cm³/mol. The van der Waals surface area contributed by atoms with Crippen LogP contribution in [0.5, 0.6) is 0 Å². The molecule has 0 radical (unpaired) electrons. The minimum atomic E-state index is -0.222. The van der Waals surface area contributed by atoms with Crippen molar-refractivity contribution in [3.05, 3.63) is 63.9 Å². The van der Waals surface area contributed by atoms with Crippen LogP contribution in [0.4, 0.5) is 5.13 Å². The van der Waals surface area contributed by atoms with Gasteiger partial charge in [-0.1, -0.05) is 32.9 Å². The molecule has 0 atom stereocenters. The van der Waals surface area contributed by atoms with E-state index in [-0.39, 0.29) is 11.3 Å². The number of anilines is 1. The van der Waals surface area contributed by atoms with Crippen molar-refractivity contribution in [2.45, 2.75) is 32.6 Å². The van der Waals surface area contributed by atoms with Crippen molar-refractivity contribution >= 4 is 22.4 Å². The number of aromatic nitrogens is 3. The average Bonchev–Trinajstić information content (AvgIpc) is 3.21. The number of carbonyl (C=O) groups excluding carboxylic acids is 1. The van der Waals surface area contributed by atoms with Crippen LogP contribution in [0, 0.1) is 11.3 Å². The largest absolute Gasteiger partial charge is 0.296 e. The maximum absolute atomic E-state index is 12.6. The van der Waals surface area contributed by atoms with Gasteiger partial charge in [0, 0.05) is 30.0 Å². The van der Waals surface area contributed by atoms with E-state index in [0.717, 1.165) is 16.1 Å². The monoisotopic (exact) mass is 379 g/mol. The Morgan fingerprint density at radius 3 is 2.59 bits per heavy atom. The lowest BCUT2D eigenvalue weighted by Crippen LogP contribution is -2.15. The number of hydrogen-bond donors (Lipinski definition) is 1. The number of benzene rings is 1. The molecule has 0 aliphatic rings. The first-order valence-corrected chi connectivity index (χ1v) is 9.37. The topological polar surface area (TPSA) is 83.6 Å². The van der Waals surface area contributed by atoms with Gasteiger partial charge in [-0.15, -0.1) is 11.3 Å². The van der Waals surface area contributed by atoms with Gasteiger partial charge in [-0.3, -0.25) is 14.8 Å². The SMILES string of the molecule is Cn1nc(C(C)(C)C)cc1C(=O)Nc1ncc(Cc2ccc(C#N)cc2)s1. The Morgan fingerprint density at radius 2 is 2.00 bits per heavy atom. The lowest BCUT2D eigenvalue weighted by atomic mass is 9.92. The molecule has 0 fully saturated rings. The third-order valence-electron chi connectivity index (χ3n) is 4.12. The maximum atomic E-state index is 12.6. The quantitative estimate of drug-likeness (QED) is 0.745. The number of carbonyl (C=O) groups is 1. The highest BCUT2D eigenvalue weighted by Gasteiger charge is 2.22. The minimum Gasteiger partial charge on any atom is -0.296 e. The fourth-order valence-corrected chi connectivity index (χ4v) is 3.39. The molecule has 138 valence electrons. The molecule has 27 heavy (non-hydrogen) atoms. The molecular weight excluding hydrogens is 358 g/mol. The molecule has 3 aromatic rings. The van der Waals surface area contributed by atoms with Gasteiger partial charge in [0.1, 0.15) is 5.69 Å². The summed E-state index contributed by atoms with van der Waals surface area (Å²) in [6.07, 6.45) is 2.47. The number of amides is 1. The molecule has 2 heterocycles. The summed E-state index contributed by atoms with van der Waals surface area (Å²) in [5.41, 5.74) is 2.99. The second-order valence-electron chi connectivity index (χ2n) is 7.36. The van der Waals surface area contributed by atoms with Gasteiger partial charge in [0.2, 0.25) is 0 Å². The van der Waals surface area contributed by atoms with Crippen LogP contribution in [-0.4, -0.2) is 20.7 Å². The molecule has 1 N–H and O–H groups in total. The first-order valence-electron chi connectivity index (χ1n) is 8.56. The van der Waals surface area contributed by atoms with Crippen LogP contribution in [-0.2, 0) is 18.9 Å². The average molecular weight is 379 g/mol. The summed E-state index contributed by atoms with van der Waals surface area (Å²) in [5.74, 6) is -0.222. The Hall–Kier alpha value is -2.98. The van der Waals surface area contributed by atoms with Gasteiger partial charge >= 0.3 is 0 Å². The van der Waals surface area contributed by atoms with Crippen molar-refractivity contribution in [1.29, 1.82) is 5.26 Å². The highest BCUT2D eigenvalue weighted by Crippen LogP contribution is 2.24. The Kier molecular flexibility index (Phi) is 5.10. The molecule has 0 aliphatic heterocycles. The van der Waals surface area contributed by atoms with Crippen LogP contribution in [0.3, 0.4) is 0 Å². The number of thiazole rings is 1. The van der Waals surface area contributed by atoms with Gasteiger partial charge in [-0.2, -0.15) is 10.4 Å². The first kappa shape index (κ1) is 18.8. The molecule has 0 spiro atoms. The standard InChI is InChI=1S/C20H21N5OS/c1-20(2,3)17-10-16(25(4)24-17)18(26)23-19-22-12-15(27-19)9-13-5-7-14(11-21)8-6-13/h5-8,10,12H,9H2,1-4H3,(H,22,23,26). The van der Waals surface area contributed by atoms with E-state index < -0.39 is 0 Å². The number of nitriles is 1. The third kappa shape index (κ3) is 4.41. The van der Waals surface area contributed by atoms with Gasteiger partial charge in [-0.25, -0.2) is 4.98 Å². The molecule has 3 rings (SSSR count). The minimum absolute atomic E-state index is 0.119. The molecule has 0 bridgehead atoms. The molecule has 0 unspecified atom stereocenters. The van der Waals surface area contributed by atoms with Crippen molar-refractivity contribution in [2.75, 3.05) is 5.32 Å². The highest BCUT2D eigenvalue weighted by atomic mass is 32.1. The third-order valence-corrected chi connectivity index (χ3v) is 5.03. The van der Waals surface area contributed by atoms with Crippen molar-refractivity contribution in [3.8, 4) is 6.07 Å². The van der Waals surface area contributed by atoms with Crippen molar-refractivity contribution in [1.82, 2.24) is 14.8 Å². The Labute approximate surface area is 162 Å². The summed E-state index contributed by atoms with van der Waals surface area (Å²) in [7, 11) is 1.77. The van der Waals surface area contributed by atoms with Crippen LogP contribution < -0.4 is 5.32 Å². The van der Waals surface area contributed by atoms with E-state index in [4.69, 9.17) is 5.26 Å². The van der Waals surface area contributed by atoms with E-state index >= 15 is 0 Å². The second-order valence-corrected chi connectivity index (χ2v) is 8.47. The second kappa shape index (κ2) is 7.33. The van der Waals surface area contributed by atoms with E-state index in [1.54, 1.807) is 30.1 Å². The van der Waals surface area contributed by atoms with Crippen LogP contribution in [0.15, 0.2) is 36.5 Å². The number of aryl methyl sites for hydroxylation is 1. The van der Waals surface area contributed by atoms with E-state index in [9.17, 15) is 4.79 Å². The lowest BCUT2D eigenvalue weighted by molar-refractivity contribution is 0.101. The molecule has 0 saturated heterocycles. The summed E-state index contributed by atoms with van der Waals surface area (Å²) < 4.78 is 1.60. The van der Waals surface area contributed by atoms with Crippen LogP contribution in [0.25, 0.3) is 0 Å². The van der Waals surface area contributed by atoms with Crippen molar-refractivity contribution in [3.63, 3.8) is 0 Å². The predicted octanol–water partition coefficient (Wildman–Crippen LogP) is 3.89. The Morgan fingerprint density at radius 1 is 1.30 bits per heavy atom. The van der Waals surface area contributed by atoms with Crippen LogP contribution >= 0.6 is 11.3 Å². The van der Waals surface area contributed by atoms with Crippen LogP contribution in [0.1, 0.15) is 53.0 Å². The van der Waals surface area contributed by atoms with Gasteiger partial charge in [0.05, 0.1) is 17.3 Å². The summed E-state index contributed by atoms with van der Waals surface area (Å²) in [6, 6.07) is 11.4. The zero-order valence-corrected chi connectivity index (χ0v) is 16.6. The molecule has 0 aliphatic carbocycles. The van der Waals surface area contributed by atoms with E-state index in [1.807, 2.05) is 18.2 Å². The molecular formula is C20H21N5OS. The Balaban J connectivity index is 1.69. The van der Waals surface area contributed by atoms with Crippen LogP contribution in [0.2, 0.25) is 0 Å². The normalized spacial score (nSPS) is 11.2. The highest BCUT2D eigenvalue weighted by molar-refractivity contribution is 7.15. The molecule has 7 heteroatoms. The van der Waals surface area contributed by atoms with E-state index in [0.29, 0.717) is 22.8 Å². The first-order chi connectivity index (χ1) is 12.8. The molecule has 0 saturated carbocycles. The zero-order chi connectivity index (χ0) is 19.6. The van der Waals surface area contributed by atoms with Crippen molar-refractivity contribution in [2.24, 2.45) is 7.05 Å². The van der Waals surface area contributed by atoms with Gasteiger partial charge in [-0.05, 0) is 23.8 Å². The molecule has 2 aromatic heterocycles. The number of hydrogen-bond acceptors (Lipinski definition) is 5. The number of rotatable bonds is 4. The lowest BCUT2D eigenvalue weighted by Gasteiger charge is -2.13. The molecule has 6 nitrogen and oxygen atoms in total.